The van der Waals surface area contributed by atoms with Crippen LogP contribution in [-0.4, -0.2) is 23.7 Å². The number of carbonyl (C=O) groups excluding carboxylic acids is 1. The van der Waals surface area contributed by atoms with Crippen LogP contribution in [0.1, 0.15) is 31.4 Å². The number of rotatable bonds is 5. The molecule has 1 aliphatic carbocycles. The lowest BCUT2D eigenvalue weighted by Crippen LogP contribution is -2.38. The first kappa shape index (κ1) is 14.4. The van der Waals surface area contributed by atoms with Crippen LogP contribution in [0.15, 0.2) is 22.8 Å². The lowest BCUT2D eigenvalue weighted by Gasteiger charge is -2.26. The average Bonchev–Trinajstić information content (AvgIpc) is 2.96. The molecule has 3 N–H and O–H groups in total. The van der Waals surface area contributed by atoms with Crippen LogP contribution in [0.25, 0.3) is 0 Å². The molecule has 6 heteroatoms. The van der Waals surface area contributed by atoms with Gasteiger partial charge in [0.15, 0.2) is 0 Å². The van der Waals surface area contributed by atoms with E-state index < -0.39 is 5.97 Å². The predicted octanol–water partition coefficient (Wildman–Crippen LogP) is 1.97. The molecule has 0 aliphatic heterocycles. The number of carbonyl (C=O) groups is 2. The summed E-state index contributed by atoms with van der Waals surface area (Å²) < 4.78 is 5.11. The van der Waals surface area contributed by atoms with Crippen molar-refractivity contribution in [3.8, 4) is 0 Å². The molecule has 6 nitrogen and oxygen atoms in total. The minimum Gasteiger partial charge on any atom is -0.481 e. The number of hydrogen-bond donors (Lipinski definition) is 3. The Bertz CT molecular complexity index is 436. The van der Waals surface area contributed by atoms with Gasteiger partial charge in [-0.2, -0.15) is 0 Å². The zero-order valence-corrected chi connectivity index (χ0v) is 11.3. The molecule has 0 spiro atoms. The molecule has 2 rings (SSSR count). The van der Waals surface area contributed by atoms with E-state index in [1.54, 1.807) is 18.4 Å². The van der Waals surface area contributed by atoms with Gasteiger partial charge in [-0.15, -0.1) is 0 Å². The second-order valence-corrected chi connectivity index (χ2v) is 5.20. The predicted molar refractivity (Wildman–Crippen MR) is 72.0 cm³/mol. The second kappa shape index (κ2) is 6.98. The molecule has 1 aliphatic rings. The molecule has 110 valence electrons. The Morgan fingerprint density at radius 1 is 1.25 bits per heavy atom. The highest BCUT2D eigenvalue weighted by molar-refractivity contribution is 5.73. The first-order valence-corrected chi connectivity index (χ1v) is 6.92. The fourth-order valence-electron chi connectivity index (χ4n) is 2.49. The van der Waals surface area contributed by atoms with Crippen molar-refractivity contribution in [1.29, 1.82) is 0 Å². The highest BCUT2D eigenvalue weighted by atomic mass is 16.4. The number of carboxylic acids is 1. The van der Waals surface area contributed by atoms with Gasteiger partial charge in [0, 0.05) is 6.54 Å². The van der Waals surface area contributed by atoms with E-state index in [0.29, 0.717) is 37.6 Å². The average molecular weight is 280 g/mol. The van der Waals surface area contributed by atoms with Gasteiger partial charge in [0.05, 0.1) is 18.7 Å². The van der Waals surface area contributed by atoms with Crippen molar-refractivity contribution in [2.75, 3.05) is 6.54 Å². The summed E-state index contributed by atoms with van der Waals surface area (Å²) >= 11 is 0. The third-order valence-corrected chi connectivity index (χ3v) is 3.75. The minimum atomic E-state index is -0.701. The SMILES string of the molecule is O=C(NCc1ccco1)NCC1CCC(C(=O)O)CC1. The van der Waals surface area contributed by atoms with Gasteiger partial charge < -0.3 is 20.2 Å². The van der Waals surface area contributed by atoms with Gasteiger partial charge in [0.1, 0.15) is 5.76 Å². The van der Waals surface area contributed by atoms with E-state index >= 15 is 0 Å². The highest BCUT2D eigenvalue weighted by Gasteiger charge is 2.25. The van der Waals surface area contributed by atoms with E-state index in [1.807, 2.05) is 0 Å². The van der Waals surface area contributed by atoms with Gasteiger partial charge in [-0.05, 0) is 43.7 Å². The maximum atomic E-state index is 11.6. The third kappa shape index (κ3) is 4.29. The van der Waals surface area contributed by atoms with Crippen LogP contribution < -0.4 is 10.6 Å². The molecule has 2 amide bonds. The van der Waals surface area contributed by atoms with Crippen LogP contribution in [0.5, 0.6) is 0 Å². The van der Waals surface area contributed by atoms with Crippen LogP contribution in [0.2, 0.25) is 0 Å². The Morgan fingerprint density at radius 2 is 2.00 bits per heavy atom. The molecule has 1 heterocycles. The van der Waals surface area contributed by atoms with Crippen molar-refractivity contribution in [2.24, 2.45) is 11.8 Å². The second-order valence-electron chi connectivity index (χ2n) is 5.20. The molecule has 0 saturated heterocycles. The van der Waals surface area contributed by atoms with Gasteiger partial charge in [-0.1, -0.05) is 0 Å². The van der Waals surface area contributed by atoms with Crippen molar-refractivity contribution in [3.63, 3.8) is 0 Å². The van der Waals surface area contributed by atoms with Crippen LogP contribution >= 0.6 is 0 Å². The number of urea groups is 1. The molecule has 0 unspecified atom stereocenters. The summed E-state index contributed by atoms with van der Waals surface area (Å²) in [6.45, 7) is 0.959. The Balaban J connectivity index is 1.61. The molecule has 0 bridgehead atoms. The van der Waals surface area contributed by atoms with Crippen molar-refractivity contribution in [2.45, 2.75) is 32.2 Å². The number of carboxylic acid groups (broad SMARTS) is 1. The van der Waals surface area contributed by atoms with Gasteiger partial charge in [0.2, 0.25) is 0 Å². The van der Waals surface area contributed by atoms with Crippen LogP contribution in [0, 0.1) is 11.8 Å². The molecule has 1 aromatic heterocycles. The topological polar surface area (TPSA) is 91.6 Å². The molecule has 1 aromatic rings. The molecule has 1 fully saturated rings. The van der Waals surface area contributed by atoms with Gasteiger partial charge in [-0.25, -0.2) is 4.79 Å². The molecule has 0 aromatic carbocycles. The van der Waals surface area contributed by atoms with E-state index in [0.717, 1.165) is 12.8 Å². The summed E-state index contributed by atoms with van der Waals surface area (Å²) in [6.07, 6.45) is 4.69. The van der Waals surface area contributed by atoms with Gasteiger partial charge in [0.25, 0.3) is 0 Å². The number of hydrogen-bond acceptors (Lipinski definition) is 3. The Labute approximate surface area is 117 Å². The van der Waals surface area contributed by atoms with Crippen LogP contribution in [-0.2, 0) is 11.3 Å². The van der Waals surface area contributed by atoms with Crippen molar-refractivity contribution in [3.05, 3.63) is 24.2 Å². The lowest BCUT2D eigenvalue weighted by molar-refractivity contribution is -0.143. The number of aliphatic carboxylic acids is 1. The molecule has 0 radical (unpaired) electrons. The summed E-state index contributed by atoms with van der Waals surface area (Å²) in [6, 6.07) is 3.35. The molecular formula is C14H20N2O4. The summed E-state index contributed by atoms with van der Waals surface area (Å²) in [7, 11) is 0. The first-order valence-electron chi connectivity index (χ1n) is 6.92. The van der Waals surface area contributed by atoms with E-state index in [-0.39, 0.29) is 11.9 Å². The molecule has 20 heavy (non-hydrogen) atoms. The number of amides is 2. The Hall–Kier alpha value is -1.98. The fourth-order valence-corrected chi connectivity index (χ4v) is 2.49. The summed E-state index contributed by atoms with van der Waals surface area (Å²) in [5.41, 5.74) is 0. The van der Waals surface area contributed by atoms with Gasteiger partial charge >= 0.3 is 12.0 Å². The zero-order chi connectivity index (χ0) is 14.4. The third-order valence-electron chi connectivity index (χ3n) is 3.75. The maximum absolute atomic E-state index is 11.6. The molecular weight excluding hydrogens is 260 g/mol. The largest absolute Gasteiger partial charge is 0.481 e. The summed E-state index contributed by atoms with van der Waals surface area (Å²) in [5.74, 6) is 0.175. The maximum Gasteiger partial charge on any atom is 0.315 e. The number of furan rings is 1. The molecule has 0 atom stereocenters. The van der Waals surface area contributed by atoms with Gasteiger partial charge in [-0.3, -0.25) is 4.79 Å². The minimum absolute atomic E-state index is 0.209. The zero-order valence-electron chi connectivity index (χ0n) is 11.3. The van der Waals surface area contributed by atoms with Crippen LogP contribution in [0.3, 0.4) is 0 Å². The number of nitrogens with one attached hydrogen (secondary N) is 2. The van der Waals surface area contributed by atoms with Crippen molar-refractivity contribution in [1.82, 2.24) is 10.6 Å². The quantitative estimate of drug-likeness (QED) is 0.769. The summed E-state index contributed by atoms with van der Waals surface area (Å²) in [4.78, 5) is 22.4. The Morgan fingerprint density at radius 3 is 2.60 bits per heavy atom. The van der Waals surface area contributed by atoms with E-state index in [9.17, 15) is 9.59 Å². The highest BCUT2D eigenvalue weighted by Crippen LogP contribution is 2.28. The van der Waals surface area contributed by atoms with Crippen molar-refractivity contribution >= 4 is 12.0 Å². The normalized spacial score (nSPS) is 22.2. The van der Waals surface area contributed by atoms with E-state index in [4.69, 9.17) is 9.52 Å². The molecule has 1 saturated carbocycles. The fraction of sp³-hybridized carbons (Fsp3) is 0.571. The van der Waals surface area contributed by atoms with E-state index in [2.05, 4.69) is 10.6 Å². The van der Waals surface area contributed by atoms with Crippen LogP contribution in [0.4, 0.5) is 4.79 Å². The lowest BCUT2D eigenvalue weighted by atomic mass is 9.82. The van der Waals surface area contributed by atoms with Crippen molar-refractivity contribution < 1.29 is 19.1 Å². The van der Waals surface area contributed by atoms with E-state index in [1.165, 1.54) is 0 Å². The smallest absolute Gasteiger partial charge is 0.315 e. The monoisotopic (exact) mass is 280 g/mol. The Kier molecular flexibility index (Phi) is 5.03. The standard InChI is InChI=1S/C14H20N2O4/c17-13(18)11-5-3-10(4-6-11)8-15-14(19)16-9-12-2-1-7-20-12/h1-2,7,10-11H,3-6,8-9H2,(H,17,18)(H2,15,16,19). The first-order chi connectivity index (χ1) is 9.65. The summed E-state index contributed by atoms with van der Waals surface area (Å²) in [5, 5.41) is 14.4.